The van der Waals surface area contributed by atoms with Gasteiger partial charge < -0.3 is 10.2 Å². The number of piperidine rings is 1. The van der Waals surface area contributed by atoms with Crippen LogP contribution in [0.1, 0.15) is 45.1 Å². The van der Waals surface area contributed by atoms with Crippen molar-refractivity contribution >= 4 is 44.8 Å². The Labute approximate surface area is 196 Å². The predicted octanol–water partition coefficient (Wildman–Crippen LogP) is 5.26. The molecule has 1 atom stereocenters. The Hall–Kier alpha value is -2.19. The van der Waals surface area contributed by atoms with Crippen molar-refractivity contribution in [1.29, 1.82) is 0 Å². The maximum absolute atomic E-state index is 12.5. The van der Waals surface area contributed by atoms with Gasteiger partial charge in [-0.25, -0.2) is 8.42 Å². The van der Waals surface area contributed by atoms with Crippen LogP contribution in [0.4, 0.5) is 17.1 Å². The molecule has 1 aliphatic rings. The highest BCUT2D eigenvalue weighted by atomic mass is 32.2. The fourth-order valence-corrected chi connectivity index (χ4v) is 5.64. The molecule has 0 aliphatic carbocycles. The second-order valence-corrected chi connectivity index (χ2v) is 11.6. The first-order valence-corrected chi connectivity index (χ1v) is 13.7. The van der Waals surface area contributed by atoms with Crippen molar-refractivity contribution in [2.45, 2.75) is 56.6 Å². The number of hydrogen-bond donors (Lipinski definition) is 2. The Bertz CT molecular complexity index is 1020. The van der Waals surface area contributed by atoms with Gasteiger partial charge in [-0.05, 0) is 80.6 Å². The maximum atomic E-state index is 12.5. The lowest BCUT2D eigenvalue weighted by molar-refractivity contribution is -0.113. The van der Waals surface area contributed by atoms with Gasteiger partial charge in [-0.3, -0.25) is 9.52 Å². The molecule has 174 valence electrons. The minimum Gasteiger partial charge on any atom is -0.372 e. The lowest BCUT2D eigenvalue weighted by atomic mass is 10.1. The minimum atomic E-state index is -3.81. The van der Waals surface area contributed by atoms with Crippen LogP contribution in [-0.4, -0.2) is 38.4 Å². The summed E-state index contributed by atoms with van der Waals surface area (Å²) in [7, 11) is -3.81. The van der Waals surface area contributed by atoms with Gasteiger partial charge >= 0.3 is 0 Å². The first-order chi connectivity index (χ1) is 15.3. The molecule has 2 aromatic carbocycles. The summed E-state index contributed by atoms with van der Waals surface area (Å²) in [5.74, 6) is -1.20. The Morgan fingerprint density at radius 2 is 1.78 bits per heavy atom. The third kappa shape index (κ3) is 7.17. The highest BCUT2D eigenvalue weighted by Gasteiger charge is 2.18. The zero-order valence-corrected chi connectivity index (χ0v) is 20.7. The van der Waals surface area contributed by atoms with Gasteiger partial charge in [-0.2, -0.15) is 0 Å². The van der Waals surface area contributed by atoms with Gasteiger partial charge in [0, 0.05) is 40.3 Å². The van der Waals surface area contributed by atoms with Crippen molar-refractivity contribution in [3.8, 4) is 0 Å². The number of aryl methyl sites for hydroxylation is 1. The van der Waals surface area contributed by atoms with Crippen LogP contribution >= 0.6 is 11.8 Å². The highest BCUT2D eigenvalue weighted by Crippen LogP contribution is 2.28. The summed E-state index contributed by atoms with van der Waals surface area (Å²) in [6.45, 7) is 8.29. The van der Waals surface area contributed by atoms with Gasteiger partial charge in [0.05, 0.1) is 0 Å². The molecule has 1 amide bonds. The van der Waals surface area contributed by atoms with Crippen LogP contribution in [0.2, 0.25) is 0 Å². The number of carbonyl (C=O) groups excluding carboxylic acids is 1. The number of sulfonamides is 1. The maximum Gasteiger partial charge on any atom is 0.241 e. The van der Waals surface area contributed by atoms with Crippen molar-refractivity contribution in [2.24, 2.45) is 0 Å². The summed E-state index contributed by atoms with van der Waals surface area (Å²) in [4.78, 5) is 15.8. The van der Waals surface area contributed by atoms with Crippen LogP contribution in [0.15, 0.2) is 47.4 Å². The van der Waals surface area contributed by atoms with Crippen LogP contribution in [0.3, 0.4) is 0 Å². The summed E-state index contributed by atoms with van der Waals surface area (Å²) in [6.07, 6.45) is 4.70. The molecule has 0 radical (unpaired) electrons. The third-order valence-corrected chi connectivity index (χ3v) is 8.02. The van der Waals surface area contributed by atoms with E-state index >= 15 is 0 Å². The van der Waals surface area contributed by atoms with Crippen LogP contribution in [0.25, 0.3) is 0 Å². The summed E-state index contributed by atoms with van der Waals surface area (Å²) in [6, 6.07) is 13.1. The fraction of sp³-hybridized carbons (Fsp3) is 0.458. The van der Waals surface area contributed by atoms with E-state index in [1.54, 1.807) is 23.9 Å². The van der Waals surface area contributed by atoms with E-state index in [2.05, 4.69) is 28.8 Å². The standard InChI is InChI=1S/C24H33N3O3S2/c1-4-19(3)31-22-12-13-23(18(2)16-22)25-24(28)17-32(29,30)26-20-8-10-21(11-9-20)27-14-6-5-7-15-27/h8-13,16,19,26H,4-7,14-15,17H2,1-3H3,(H,25,28). The molecule has 2 N–H and O–H groups in total. The quantitative estimate of drug-likeness (QED) is 0.484. The predicted molar refractivity (Wildman–Crippen MR) is 135 cm³/mol. The first-order valence-electron chi connectivity index (χ1n) is 11.2. The molecule has 2 aromatic rings. The number of rotatable bonds is 9. The highest BCUT2D eigenvalue weighted by molar-refractivity contribution is 8.00. The third-order valence-electron chi connectivity index (χ3n) is 5.57. The van der Waals surface area contributed by atoms with E-state index in [1.807, 2.05) is 37.3 Å². The average molecular weight is 476 g/mol. The average Bonchev–Trinajstić information content (AvgIpc) is 2.76. The van der Waals surface area contributed by atoms with Gasteiger partial charge in [0.1, 0.15) is 5.75 Å². The van der Waals surface area contributed by atoms with Crippen molar-refractivity contribution in [3.63, 3.8) is 0 Å². The zero-order valence-electron chi connectivity index (χ0n) is 19.1. The normalized spacial score (nSPS) is 15.3. The fourth-order valence-electron chi connectivity index (χ4n) is 3.63. The van der Waals surface area contributed by atoms with E-state index in [4.69, 9.17) is 0 Å². The molecule has 6 nitrogen and oxygen atoms in total. The SMILES string of the molecule is CCC(C)Sc1ccc(NC(=O)CS(=O)(=O)Nc2ccc(N3CCCCC3)cc2)c(C)c1. The molecular weight excluding hydrogens is 442 g/mol. The van der Waals surface area contributed by atoms with Gasteiger partial charge in [-0.1, -0.05) is 13.8 Å². The van der Waals surface area contributed by atoms with Crippen LogP contribution in [-0.2, 0) is 14.8 Å². The van der Waals surface area contributed by atoms with E-state index in [0.29, 0.717) is 16.6 Å². The Balaban J connectivity index is 1.56. The first kappa shape index (κ1) is 24.5. The number of benzene rings is 2. The molecule has 0 saturated carbocycles. The van der Waals surface area contributed by atoms with Crippen molar-refractivity contribution in [2.75, 3.05) is 33.8 Å². The number of thioether (sulfide) groups is 1. The van der Waals surface area contributed by atoms with Crippen molar-refractivity contribution in [3.05, 3.63) is 48.0 Å². The van der Waals surface area contributed by atoms with E-state index in [0.717, 1.165) is 35.7 Å². The molecular formula is C24H33N3O3S2. The number of hydrogen-bond acceptors (Lipinski definition) is 5. The number of nitrogens with one attached hydrogen (secondary N) is 2. The molecule has 0 bridgehead atoms. The van der Waals surface area contributed by atoms with Crippen LogP contribution in [0.5, 0.6) is 0 Å². The molecule has 1 saturated heterocycles. The van der Waals surface area contributed by atoms with E-state index in [1.165, 1.54) is 19.3 Å². The van der Waals surface area contributed by atoms with Crippen molar-refractivity contribution in [1.82, 2.24) is 0 Å². The van der Waals surface area contributed by atoms with Gasteiger partial charge in [0.2, 0.25) is 15.9 Å². The molecule has 3 rings (SSSR count). The Morgan fingerprint density at radius 1 is 1.09 bits per heavy atom. The molecule has 1 aliphatic heterocycles. The van der Waals surface area contributed by atoms with Gasteiger partial charge in [0.25, 0.3) is 0 Å². The monoisotopic (exact) mass is 475 g/mol. The zero-order chi connectivity index (χ0) is 23.1. The summed E-state index contributed by atoms with van der Waals surface area (Å²) in [5.41, 5.74) is 3.09. The lowest BCUT2D eigenvalue weighted by Crippen LogP contribution is -2.29. The molecule has 8 heteroatoms. The van der Waals surface area contributed by atoms with Crippen LogP contribution in [0, 0.1) is 6.92 Å². The van der Waals surface area contributed by atoms with Gasteiger partial charge in [-0.15, -0.1) is 11.8 Å². The smallest absolute Gasteiger partial charge is 0.241 e. The summed E-state index contributed by atoms with van der Waals surface area (Å²) < 4.78 is 27.5. The van der Waals surface area contributed by atoms with E-state index in [9.17, 15) is 13.2 Å². The number of anilines is 3. The topological polar surface area (TPSA) is 78.5 Å². The largest absolute Gasteiger partial charge is 0.372 e. The van der Waals surface area contributed by atoms with Crippen LogP contribution < -0.4 is 14.9 Å². The molecule has 1 fully saturated rings. The number of carbonyl (C=O) groups is 1. The molecule has 1 heterocycles. The molecule has 1 unspecified atom stereocenters. The van der Waals surface area contributed by atoms with Crippen molar-refractivity contribution < 1.29 is 13.2 Å². The number of nitrogens with zero attached hydrogens (tertiary/aromatic N) is 1. The Kier molecular flexibility index (Phi) is 8.48. The van der Waals surface area contributed by atoms with E-state index in [-0.39, 0.29) is 0 Å². The Morgan fingerprint density at radius 3 is 2.41 bits per heavy atom. The molecule has 0 spiro atoms. The van der Waals surface area contributed by atoms with Gasteiger partial charge in [0.15, 0.2) is 0 Å². The lowest BCUT2D eigenvalue weighted by Gasteiger charge is -2.28. The summed E-state index contributed by atoms with van der Waals surface area (Å²) >= 11 is 1.78. The second-order valence-electron chi connectivity index (χ2n) is 8.32. The second kappa shape index (κ2) is 11.1. The minimum absolute atomic E-state index is 0.459. The molecule has 32 heavy (non-hydrogen) atoms. The molecule has 0 aromatic heterocycles. The summed E-state index contributed by atoms with van der Waals surface area (Å²) in [5, 5.41) is 3.24. The number of amides is 1. The van der Waals surface area contributed by atoms with E-state index < -0.39 is 21.7 Å².